The second kappa shape index (κ2) is 16.3. The molecular formula is C7H15NO4. The number of carboxylic acids is 1. The predicted molar refractivity (Wildman–Crippen MR) is 46.5 cm³/mol. The molecule has 0 rings (SSSR count). The molecule has 12 heavy (non-hydrogen) atoms. The van der Waals surface area contributed by atoms with Crippen LogP contribution in [0.25, 0.3) is 0 Å². The zero-order chi connectivity index (χ0) is 10.6. The maximum atomic E-state index is 9.51. The number of nitro groups is 1. The van der Waals surface area contributed by atoms with Crippen molar-refractivity contribution in [3.63, 3.8) is 0 Å². The highest BCUT2D eigenvalue weighted by molar-refractivity contribution is 5.79. The number of carbonyl (C=O) groups is 1. The van der Waals surface area contributed by atoms with Crippen molar-refractivity contribution in [1.29, 1.82) is 0 Å². The maximum absolute atomic E-state index is 9.51. The Kier molecular flexibility index (Phi) is 23.0. The summed E-state index contributed by atoms with van der Waals surface area (Å²) >= 11 is 0. The number of carboxylic acid groups (broad SMARTS) is 1. The fraction of sp³-hybridized carbons (Fsp3) is 0.571. The Hall–Kier alpha value is -1.39. The summed E-state index contributed by atoms with van der Waals surface area (Å²) in [6.07, 6.45) is 0.822. The lowest BCUT2D eigenvalue weighted by Gasteiger charge is -1.73. The van der Waals surface area contributed by atoms with Gasteiger partial charge in [-0.3, -0.25) is 10.1 Å². The summed E-state index contributed by atoms with van der Waals surface area (Å²) in [4.78, 5) is 18.0. The van der Waals surface area contributed by atoms with Crippen LogP contribution in [0.5, 0.6) is 0 Å². The van der Waals surface area contributed by atoms with Crippen LogP contribution in [-0.2, 0) is 4.79 Å². The highest BCUT2D eigenvalue weighted by atomic mass is 16.6. The van der Waals surface area contributed by atoms with Crippen molar-refractivity contribution in [2.75, 3.05) is 0 Å². The molecule has 0 saturated carbocycles. The fourth-order valence-electron chi connectivity index (χ4n) is 0.125. The molecule has 0 unspecified atom stereocenters. The van der Waals surface area contributed by atoms with Crippen LogP contribution >= 0.6 is 0 Å². The van der Waals surface area contributed by atoms with Gasteiger partial charge in [-0.05, 0) is 0 Å². The molecule has 5 nitrogen and oxygen atoms in total. The van der Waals surface area contributed by atoms with Crippen molar-refractivity contribution < 1.29 is 14.8 Å². The van der Waals surface area contributed by atoms with Gasteiger partial charge < -0.3 is 5.11 Å². The molecular weight excluding hydrogens is 162 g/mol. The van der Waals surface area contributed by atoms with Gasteiger partial charge in [0.1, 0.15) is 0 Å². The van der Waals surface area contributed by atoms with Gasteiger partial charge in [-0.25, -0.2) is 4.79 Å². The van der Waals surface area contributed by atoms with E-state index in [-0.39, 0.29) is 0 Å². The quantitative estimate of drug-likeness (QED) is 0.397. The minimum atomic E-state index is -1.32. The van der Waals surface area contributed by atoms with Crippen LogP contribution in [0.2, 0.25) is 0 Å². The van der Waals surface area contributed by atoms with E-state index in [9.17, 15) is 14.9 Å². The second-order valence-electron chi connectivity index (χ2n) is 0.939. The average molecular weight is 177 g/mol. The minimum absolute atomic E-state index is 0.363. The van der Waals surface area contributed by atoms with E-state index >= 15 is 0 Å². The zero-order valence-corrected chi connectivity index (χ0v) is 7.77. The molecule has 0 aromatic rings. The van der Waals surface area contributed by atoms with E-state index in [1.165, 1.54) is 0 Å². The summed E-state index contributed by atoms with van der Waals surface area (Å²) in [5, 5.41) is 17.1. The van der Waals surface area contributed by atoms with E-state index < -0.39 is 10.9 Å². The largest absolute Gasteiger partial charge is 0.478 e. The molecule has 0 saturated heterocycles. The van der Waals surface area contributed by atoms with Crippen molar-refractivity contribution >= 4 is 5.97 Å². The monoisotopic (exact) mass is 177 g/mol. The van der Waals surface area contributed by atoms with E-state index in [1.54, 1.807) is 0 Å². The molecule has 0 atom stereocenters. The summed E-state index contributed by atoms with van der Waals surface area (Å²) in [6.45, 7) is 8.00. The lowest BCUT2D eigenvalue weighted by atomic mass is 10.6. The zero-order valence-electron chi connectivity index (χ0n) is 7.77. The smallest absolute Gasteiger partial charge is 0.334 e. The molecule has 0 spiro atoms. The molecule has 0 aliphatic carbocycles. The third kappa shape index (κ3) is 38.3. The molecule has 0 bridgehead atoms. The standard InChI is InChI=1S/C3H3NO4.2C2H6/c5-3(6)1-2-4(7)8;2*1-2/h1-2H,(H,5,6);2*1-2H3/b2-1-;;. The maximum Gasteiger partial charge on any atom is 0.334 e. The van der Waals surface area contributed by atoms with Crippen molar-refractivity contribution in [3.8, 4) is 0 Å². The van der Waals surface area contributed by atoms with Gasteiger partial charge in [0.25, 0.3) is 0 Å². The van der Waals surface area contributed by atoms with E-state index in [2.05, 4.69) is 0 Å². The Labute approximate surface area is 71.9 Å². The Bertz CT molecular complexity index is 126. The SMILES string of the molecule is CC.CC.O=C(O)/C=C\[N+](=O)[O-]. The second-order valence-corrected chi connectivity index (χ2v) is 0.939. The Balaban J connectivity index is -0.000000175. The Morgan fingerprint density at radius 3 is 1.75 bits per heavy atom. The molecule has 0 aliphatic rings. The van der Waals surface area contributed by atoms with Gasteiger partial charge in [-0.2, -0.15) is 0 Å². The van der Waals surface area contributed by atoms with Gasteiger partial charge in [0.2, 0.25) is 6.20 Å². The highest BCUT2D eigenvalue weighted by Crippen LogP contribution is 1.71. The van der Waals surface area contributed by atoms with E-state index in [1.807, 2.05) is 27.7 Å². The summed E-state index contributed by atoms with van der Waals surface area (Å²) in [6, 6.07) is 0. The topological polar surface area (TPSA) is 80.4 Å². The van der Waals surface area contributed by atoms with Crippen molar-refractivity contribution in [2.24, 2.45) is 0 Å². The molecule has 0 fully saturated rings. The first kappa shape index (κ1) is 16.9. The summed E-state index contributed by atoms with van der Waals surface area (Å²) in [7, 11) is 0. The summed E-state index contributed by atoms with van der Waals surface area (Å²) in [5.74, 6) is -1.32. The molecule has 0 aliphatic heterocycles. The van der Waals surface area contributed by atoms with Gasteiger partial charge in [-0.1, -0.05) is 27.7 Å². The van der Waals surface area contributed by atoms with E-state index in [0.717, 1.165) is 0 Å². The van der Waals surface area contributed by atoms with Gasteiger partial charge in [0, 0.05) is 0 Å². The lowest BCUT2D eigenvalue weighted by molar-refractivity contribution is -0.402. The highest BCUT2D eigenvalue weighted by Gasteiger charge is 1.89. The molecule has 1 N–H and O–H groups in total. The molecule has 72 valence electrons. The van der Waals surface area contributed by atoms with Crippen LogP contribution in [0.3, 0.4) is 0 Å². The number of aliphatic carboxylic acids is 1. The van der Waals surface area contributed by atoms with Crippen molar-refractivity contribution in [3.05, 3.63) is 22.4 Å². The summed E-state index contributed by atoms with van der Waals surface area (Å²) in [5.41, 5.74) is 0. The van der Waals surface area contributed by atoms with Gasteiger partial charge in [0.05, 0.1) is 11.0 Å². The number of rotatable bonds is 2. The van der Waals surface area contributed by atoms with Crippen LogP contribution in [-0.4, -0.2) is 16.0 Å². The van der Waals surface area contributed by atoms with Crippen LogP contribution in [0.1, 0.15) is 27.7 Å². The fourth-order valence-corrected chi connectivity index (χ4v) is 0.125. The lowest BCUT2D eigenvalue weighted by Crippen LogP contribution is -1.90. The molecule has 5 heteroatoms. The van der Waals surface area contributed by atoms with Crippen LogP contribution in [0.15, 0.2) is 12.3 Å². The van der Waals surface area contributed by atoms with Crippen molar-refractivity contribution in [2.45, 2.75) is 27.7 Å². The Morgan fingerprint density at radius 2 is 1.67 bits per heavy atom. The predicted octanol–water partition coefficient (Wildman–Crippen LogP) is 1.91. The molecule has 0 heterocycles. The molecule has 0 aromatic carbocycles. The van der Waals surface area contributed by atoms with Crippen molar-refractivity contribution in [1.82, 2.24) is 0 Å². The first-order chi connectivity index (χ1) is 5.63. The normalized spacial score (nSPS) is 7.33. The third-order valence-corrected chi connectivity index (χ3v) is 0.339. The minimum Gasteiger partial charge on any atom is -0.478 e. The van der Waals surface area contributed by atoms with Gasteiger partial charge >= 0.3 is 5.97 Å². The third-order valence-electron chi connectivity index (χ3n) is 0.339. The number of hydrogen-bond donors (Lipinski definition) is 1. The van der Waals surface area contributed by atoms with E-state index in [4.69, 9.17) is 5.11 Å². The average Bonchev–Trinajstić information content (AvgIpc) is 2.08. The molecule has 0 amide bonds. The molecule has 0 radical (unpaired) electrons. The number of nitrogens with zero attached hydrogens (tertiary/aromatic N) is 1. The van der Waals surface area contributed by atoms with Crippen LogP contribution < -0.4 is 0 Å². The van der Waals surface area contributed by atoms with Crippen LogP contribution in [0.4, 0.5) is 0 Å². The first-order valence-corrected chi connectivity index (χ1v) is 3.67. The first-order valence-electron chi connectivity index (χ1n) is 3.67. The molecule has 0 aromatic heterocycles. The van der Waals surface area contributed by atoms with Gasteiger partial charge in [0.15, 0.2) is 0 Å². The summed E-state index contributed by atoms with van der Waals surface area (Å²) < 4.78 is 0. The van der Waals surface area contributed by atoms with E-state index in [0.29, 0.717) is 12.3 Å². The van der Waals surface area contributed by atoms with Crippen LogP contribution in [0, 0.1) is 10.1 Å². The number of hydrogen-bond acceptors (Lipinski definition) is 3. The van der Waals surface area contributed by atoms with Gasteiger partial charge in [-0.15, -0.1) is 0 Å². The Morgan fingerprint density at radius 1 is 1.33 bits per heavy atom.